The number of nitrogens with zero attached hydrogens (tertiary/aromatic N) is 3. The average Bonchev–Trinajstić information content (AvgIpc) is 3.26. The van der Waals surface area contributed by atoms with Crippen molar-refractivity contribution in [3.05, 3.63) is 52.3 Å². The second kappa shape index (κ2) is 6.28. The molecule has 0 radical (unpaired) electrons. The third-order valence-electron chi connectivity index (χ3n) is 5.20. The van der Waals surface area contributed by atoms with E-state index < -0.39 is 0 Å². The summed E-state index contributed by atoms with van der Waals surface area (Å²) in [5.74, 6) is 0.122. The molecular formula is C19H22BrN3O. The number of hydrogen-bond donors (Lipinski definition) is 0. The van der Waals surface area contributed by atoms with Crippen molar-refractivity contribution in [2.24, 2.45) is 0 Å². The highest BCUT2D eigenvalue weighted by Gasteiger charge is 2.28. The van der Waals surface area contributed by atoms with Gasteiger partial charge in [0.05, 0.1) is 6.04 Å². The maximum absolute atomic E-state index is 13.1. The van der Waals surface area contributed by atoms with Crippen LogP contribution < -0.4 is 4.90 Å². The van der Waals surface area contributed by atoms with Crippen molar-refractivity contribution in [2.75, 3.05) is 24.5 Å². The zero-order chi connectivity index (χ0) is 16.7. The van der Waals surface area contributed by atoms with Gasteiger partial charge in [0.1, 0.15) is 0 Å². The van der Waals surface area contributed by atoms with Gasteiger partial charge in [0.15, 0.2) is 0 Å². The largest absolute Gasteiger partial charge is 0.371 e. The summed E-state index contributed by atoms with van der Waals surface area (Å²) in [5.41, 5.74) is 3.14. The lowest BCUT2D eigenvalue weighted by molar-refractivity contribution is 0.0644. The highest BCUT2D eigenvalue weighted by Crippen LogP contribution is 2.30. The summed E-state index contributed by atoms with van der Waals surface area (Å²) in [7, 11) is 0. The first-order valence-corrected chi connectivity index (χ1v) is 9.44. The Kier molecular flexibility index (Phi) is 4.12. The SMILES string of the molecule is CC1c2cccn2CCN1C(=O)c1cc(Br)cc(N2CCCC2)c1. The Hall–Kier alpha value is -1.75. The molecule has 4 nitrogen and oxygen atoms in total. The van der Waals surface area contributed by atoms with Crippen LogP contribution in [0.2, 0.25) is 0 Å². The standard InChI is InChI=1S/C19H22BrN3O/c1-14-18-5-4-8-22(18)9-10-23(14)19(24)15-11-16(20)13-17(12-15)21-6-2-3-7-21/h4-5,8,11-14H,2-3,6-7,9-10H2,1H3. The van der Waals surface area contributed by atoms with Gasteiger partial charge in [-0.1, -0.05) is 15.9 Å². The van der Waals surface area contributed by atoms with Gasteiger partial charge < -0.3 is 14.4 Å². The van der Waals surface area contributed by atoms with Gasteiger partial charge in [-0.05, 0) is 50.1 Å². The Balaban J connectivity index is 1.63. The summed E-state index contributed by atoms with van der Waals surface area (Å²) >= 11 is 3.59. The lowest BCUT2D eigenvalue weighted by atomic mass is 10.1. The van der Waals surface area contributed by atoms with Gasteiger partial charge in [0, 0.05) is 53.8 Å². The molecule has 2 aliphatic heterocycles. The fourth-order valence-electron chi connectivity index (χ4n) is 3.88. The molecule has 1 amide bonds. The van der Waals surface area contributed by atoms with Gasteiger partial charge in [-0.3, -0.25) is 4.79 Å². The van der Waals surface area contributed by atoms with E-state index in [1.54, 1.807) is 0 Å². The molecule has 1 saturated heterocycles. The molecule has 0 saturated carbocycles. The Morgan fingerprint density at radius 2 is 1.92 bits per heavy atom. The van der Waals surface area contributed by atoms with Crippen molar-refractivity contribution in [1.82, 2.24) is 9.47 Å². The van der Waals surface area contributed by atoms with Crippen molar-refractivity contribution >= 4 is 27.5 Å². The predicted molar refractivity (Wildman–Crippen MR) is 99.5 cm³/mol. The molecule has 1 fully saturated rings. The molecule has 24 heavy (non-hydrogen) atoms. The van der Waals surface area contributed by atoms with Crippen molar-refractivity contribution < 1.29 is 4.79 Å². The molecular weight excluding hydrogens is 366 g/mol. The number of carbonyl (C=O) groups excluding carboxylic acids is 1. The Bertz CT molecular complexity index is 764. The van der Waals surface area contributed by atoms with E-state index in [2.05, 4.69) is 62.8 Å². The Morgan fingerprint density at radius 1 is 1.12 bits per heavy atom. The molecule has 0 spiro atoms. The molecule has 5 heteroatoms. The van der Waals surface area contributed by atoms with Crippen molar-refractivity contribution in [3.8, 4) is 0 Å². The number of rotatable bonds is 2. The quantitative estimate of drug-likeness (QED) is 0.776. The minimum Gasteiger partial charge on any atom is -0.371 e. The van der Waals surface area contributed by atoms with Crippen LogP contribution in [-0.2, 0) is 6.54 Å². The van der Waals surface area contributed by atoms with Gasteiger partial charge >= 0.3 is 0 Å². The molecule has 1 aromatic carbocycles. The molecule has 126 valence electrons. The third kappa shape index (κ3) is 2.75. The van der Waals surface area contributed by atoms with E-state index >= 15 is 0 Å². The number of amides is 1. The molecule has 4 rings (SSSR count). The monoisotopic (exact) mass is 387 g/mol. The highest BCUT2D eigenvalue weighted by molar-refractivity contribution is 9.10. The third-order valence-corrected chi connectivity index (χ3v) is 5.66. The normalized spacial score (nSPS) is 20.3. The van der Waals surface area contributed by atoms with Gasteiger partial charge in [-0.25, -0.2) is 0 Å². The summed E-state index contributed by atoms with van der Waals surface area (Å²) in [5, 5.41) is 0. The lowest BCUT2D eigenvalue weighted by Crippen LogP contribution is -2.40. The van der Waals surface area contributed by atoms with Crippen molar-refractivity contribution in [2.45, 2.75) is 32.4 Å². The fraction of sp³-hybridized carbons (Fsp3) is 0.421. The molecule has 2 aliphatic rings. The summed E-state index contributed by atoms with van der Waals surface area (Å²) < 4.78 is 3.22. The number of halogens is 1. The fourth-order valence-corrected chi connectivity index (χ4v) is 4.36. The second-order valence-corrected chi connectivity index (χ2v) is 7.61. The predicted octanol–water partition coefficient (Wildman–Crippen LogP) is 4.07. The van der Waals surface area contributed by atoms with Crippen LogP contribution in [0.1, 0.15) is 41.9 Å². The maximum Gasteiger partial charge on any atom is 0.254 e. The molecule has 2 aromatic rings. The number of hydrogen-bond acceptors (Lipinski definition) is 2. The smallest absolute Gasteiger partial charge is 0.254 e. The van der Waals surface area contributed by atoms with E-state index in [0.717, 1.165) is 41.9 Å². The average molecular weight is 388 g/mol. The lowest BCUT2D eigenvalue weighted by Gasteiger charge is -2.35. The first-order chi connectivity index (χ1) is 11.6. The molecule has 1 atom stereocenters. The van der Waals surface area contributed by atoms with E-state index in [-0.39, 0.29) is 11.9 Å². The summed E-state index contributed by atoms with van der Waals surface area (Å²) in [6, 6.07) is 10.4. The first kappa shape index (κ1) is 15.8. The molecule has 0 N–H and O–H groups in total. The zero-order valence-corrected chi connectivity index (χ0v) is 15.5. The number of anilines is 1. The maximum atomic E-state index is 13.1. The van der Waals surface area contributed by atoms with E-state index in [9.17, 15) is 4.79 Å². The summed E-state index contributed by atoms with van der Waals surface area (Å²) in [4.78, 5) is 17.5. The first-order valence-electron chi connectivity index (χ1n) is 8.65. The topological polar surface area (TPSA) is 28.5 Å². The number of benzene rings is 1. The molecule has 0 aliphatic carbocycles. The molecule has 3 heterocycles. The Labute approximate surface area is 151 Å². The van der Waals surface area contributed by atoms with Crippen LogP contribution in [0.3, 0.4) is 0 Å². The summed E-state index contributed by atoms with van der Waals surface area (Å²) in [6.07, 6.45) is 4.56. The van der Waals surface area contributed by atoms with Crippen LogP contribution in [0.25, 0.3) is 0 Å². The Morgan fingerprint density at radius 3 is 2.71 bits per heavy atom. The van der Waals surface area contributed by atoms with E-state index in [1.807, 2.05) is 11.0 Å². The van der Waals surface area contributed by atoms with E-state index in [4.69, 9.17) is 0 Å². The number of fused-ring (bicyclic) bond motifs is 1. The molecule has 1 aromatic heterocycles. The van der Waals surface area contributed by atoms with Gasteiger partial charge in [-0.15, -0.1) is 0 Å². The zero-order valence-electron chi connectivity index (χ0n) is 13.9. The van der Waals surface area contributed by atoms with Crippen molar-refractivity contribution in [3.63, 3.8) is 0 Å². The van der Waals surface area contributed by atoms with Crippen LogP contribution in [0.15, 0.2) is 41.0 Å². The van der Waals surface area contributed by atoms with Crippen LogP contribution in [-0.4, -0.2) is 35.0 Å². The minimum atomic E-state index is 0.107. The molecule has 1 unspecified atom stereocenters. The van der Waals surface area contributed by atoms with Gasteiger partial charge in [-0.2, -0.15) is 0 Å². The second-order valence-electron chi connectivity index (χ2n) is 6.69. The number of carbonyl (C=O) groups is 1. The van der Waals surface area contributed by atoms with Crippen molar-refractivity contribution in [1.29, 1.82) is 0 Å². The van der Waals surface area contributed by atoms with E-state index in [1.165, 1.54) is 18.5 Å². The van der Waals surface area contributed by atoms with Crippen LogP contribution in [0.4, 0.5) is 5.69 Å². The van der Waals surface area contributed by atoms with Crippen LogP contribution >= 0.6 is 15.9 Å². The van der Waals surface area contributed by atoms with Crippen LogP contribution in [0, 0.1) is 0 Å². The molecule has 0 bridgehead atoms. The van der Waals surface area contributed by atoms with E-state index in [0.29, 0.717) is 0 Å². The van der Waals surface area contributed by atoms with Gasteiger partial charge in [0.25, 0.3) is 5.91 Å². The number of aromatic nitrogens is 1. The summed E-state index contributed by atoms with van der Waals surface area (Å²) in [6.45, 7) is 5.90. The minimum absolute atomic E-state index is 0.107. The van der Waals surface area contributed by atoms with Gasteiger partial charge in [0.2, 0.25) is 0 Å². The van der Waals surface area contributed by atoms with Crippen LogP contribution in [0.5, 0.6) is 0 Å². The highest BCUT2D eigenvalue weighted by atomic mass is 79.9.